The Kier molecular flexibility index (Phi) is 3.50. The lowest BCUT2D eigenvalue weighted by molar-refractivity contribution is 0.183. The molecule has 0 aliphatic carbocycles. The van der Waals surface area contributed by atoms with Crippen LogP contribution >= 0.6 is 11.3 Å². The molecule has 25 heavy (non-hydrogen) atoms. The van der Waals surface area contributed by atoms with E-state index < -0.39 is 0 Å². The van der Waals surface area contributed by atoms with Crippen molar-refractivity contribution in [2.75, 3.05) is 7.11 Å². The van der Waals surface area contributed by atoms with Crippen LogP contribution in [-0.4, -0.2) is 22.0 Å². The fourth-order valence-corrected chi connectivity index (χ4v) is 3.74. The van der Waals surface area contributed by atoms with Crippen LogP contribution in [0.15, 0.2) is 41.9 Å². The largest absolute Gasteiger partial charge is 0.416 e. The third kappa shape index (κ3) is 2.18. The van der Waals surface area contributed by atoms with Crippen molar-refractivity contribution in [2.24, 2.45) is 0 Å². The number of nitrogens with zero attached hydrogens (tertiary/aromatic N) is 4. The smallest absolute Gasteiger partial charge is 0.107 e. The molecule has 0 saturated heterocycles. The lowest BCUT2D eigenvalue weighted by Crippen LogP contribution is -2.07. The molecule has 0 amide bonds. The van der Waals surface area contributed by atoms with E-state index in [2.05, 4.69) is 22.3 Å². The molecule has 6 nitrogen and oxygen atoms in total. The van der Waals surface area contributed by atoms with Gasteiger partial charge in [-0.3, -0.25) is 5.10 Å². The summed E-state index contributed by atoms with van der Waals surface area (Å²) in [7, 11) is 1.58. The lowest BCUT2D eigenvalue weighted by Gasteiger charge is -2.08. The zero-order chi connectivity index (χ0) is 17.4. The number of nitrogens with one attached hydrogen (secondary N) is 1. The highest BCUT2D eigenvalue weighted by atomic mass is 32.1. The van der Waals surface area contributed by atoms with E-state index in [1.165, 1.54) is 0 Å². The van der Waals surface area contributed by atoms with Gasteiger partial charge in [-0.2, -0.15) is 20.4 Å². The third-order valence-corrected chi connectivity index (χ3v) is 4.89. The second kappa shape index (κ2) is 5.82. The number of hydrogen-bond donors (Lipinski definition) is 1. The Labute approximate surface area is 147 Å². The molecule has 4 rings (SSSR count). The third-order valence-electron chi connectivity index (χ3n) is 4.01. The molecule has 3 heterocycles. The summed E-state index contributed by atoms with van der Waals surface area (Å²) in [5.41, 5.74) is 3.94. The average Bonchev–Trinajstić information content (AvgIpc) is 3.38. The first kappa shape index (κ1) is 15.0. The van der Waals surface area contributed by atoms with Gasteiger partial charge in [-0.1, -0.05) is 6.07 Å². The lowest BCUT2D eigenvalue weighted by atomic mass is 10.0. The first-order valence-electron chi connectivity index (χ1n) is 7.39. The number of rotatable bonds is 3. The minimum absolute atomic E-state index is 0.319. The SMILES string of the molecule is COn1c(-c2cccs2)c(-c2ccn[nH]2)c2cc(C#N)c(C#N)cc21. The summed E-state index contributed by atoms with van der Waals surface area (Å²) in [5.74, 6) is 0. The maximum atomic E-state index is 9.39. The highest BCUT2D eigenvalue weighted by Gasteiger charge is 2.24. The van der Waals surface area contributed by atoms with Crippen LogP contribution in [-0.2, 0) is 0 Å². The summed E-state index contributed by atoms with van der Waals surface area (Å²) in [6, 6.07) is 13.4. The van der Waals surface area contributed by atoms with Gasteiger partial charge in [0.15, 0.2) is 0 Å². The van der Waals surface area contributed by atoms with Crippen LogP contribution < -0.4 is 4.84 Å². The van der Waals surface area contributed by atoms with E-state index in [1.54, 1.807) is 41.5 Å². The van der Waals surface area contributed by atoms with Crippen molar-refractivity contribution in [1.82, 2.24) is 14.9 Å². The Morgan fingerprint density at radius 2 is 2.00 bits per heavy atom. The van der Waals surface area contributed by atoms with Crippen molar-refractivity contribution in [3.05, 3.63) is 53.0 Å². The fraction of sp³-hybridized carbons (Fsp3) is 0.0556. The number of H-pyrrole nitrogens is 1. The Morgan fingerprint density at radius 3 is 2.60 bits per heavy atom. The van der Waals surface area contributed by atoms with E-state index in [-0.39, 0.29) is 0 Å². The molecule has 3 aromatic heterocycles. The molecule has 0 unspecified atom stereocenters. The highest BCUT2D eigenvalue weighted by molar-refractivity contribution is 7.13. The minimum Gasteiger partial charge on any atom is -0.416 e. The quantitative estimate of drug-likeness (QED) is 0.614. The maximum absolute atomic E-state index is 9.39. The molecular weight excluding hydrogens is 334 g/mol. The van der Waals surface area contributed by atoms with Crippen LogP contribution in [0.4, 0.5) is 0 Å². The molecular formula is C18H11N5OS. The molecule has 1 aromatic carbocycles. The Morgan fingerprint density at radius 1 is 1.20 bits per heavy atom. The zero-order valence-electron chi connectivity index (χ0n) is 13.1. The Balaban J connectivity index is 2.21. The molecule has 0 fully saturated rings. The molecule has 0 aliphatic rings. The van der Waals surface area contributed by atoms with Gasteiger partial charge in [0.05, 0.1) is 27.2 Å². The molecule has 0 radical (unpaired) electrons. The fourth-order valence-electron chi connectivity index (χ4n) is 2.99. The van der Waals surface area contributed by atoms with Crippen LogP contribution in [0, 0.1) is 22.7 Å². The van der Waals surface area contributed by atoms with E-state index >= 15 is 0 Å². The number of thiophene rings is 1. The number of benzene rings is 1. The predicted molar refractivity (Wildman–Crippen MR) is 94.8 cm³/mol. The van der Waals surface area contributed by atoms with Gasteiger partial charge < -0.3 is 4.84 Å². The van der Waals surface area contributed by atoms with Crippen LogP contribution in [0.1, 0.15) is 11.1 Å². The predicted octanol–water partition coefficient (Wildman–Crippen LogP) is 3.56. The molecule has 0 bridgehead atoms. The van der Waals surface area contributed by atoms with E-state index in [0.29, 0.717) is 11.1 Å². The van der Waals surface area contributed by atoms with Crippen molar-refractivity contribution in [2.45, 2.75) is 0 Å². The van der Waals surface area contributed by atoms with Crippen molar-refractivity contribution < 1.29 is 4.84 Å². The molecule has 7 heteroatoms. The highest BCUT2D eigenvalue weighted by Crippen LogP contribution is 2.41. The van der Waals surface area contributed by atoms with Gasteiger partial charge in [-0.05, 0) is 29.6 Å². The van der Waals surface area contributed by atoms with Gasteiger partial charge in [0.1, 0.15) is 24.9 Å². The summed E-state index contributed by atoms with van der Waals surface area (Å²) in [5, 5.41) is 28.6. The monoisotopic (exact) mass is 345 g/mol. The first-order chi connectivity index (χ1) is 12.3. The number of nitriles is 2. The summed E-state index contributed by atoms with van der Waals surface area (Å²) >= 11 is 1.59. The van der Waals surface area contributed by atoms with Gasteiger partial charge in [0.2, 0.25) is 0 Å². The molecule has 0 atom stereocenters. The summed E-state index contributed by atoms with van der Waals surface area (Å²) in [6.07, 6.45) is 1.68. The maximum Gasteiger partial charge on any atom is 0.107 e. The van der Waals surface area contributed by atoms with Gasteiger partial charge >= 0.3 is 0 Å². The molecule has 4 aromatic rings. The van der Waals surface area contributed by atoms with E-state index in [4.69, 9.17) is 4.84 Å². The van der Waals surface area contributed by atoms with Gasteiger partial charge in [0, 0.05) is 17.1 Å². The van der Waals surface area contributed by atoms with Gasteiger partial charge in [-0.25, -0.2) is 0 Å². The van der Waals surface area contributed by atoms with Crippen LogP contribution in [0.5, 0.6) is 0 Å². The second-order valence-electron chi connectivity index (χ2n) is 5.29. The van der Waals surface area contributed by atoms with E-state index in [0.717, 1.165) is 32.7 Å². The summed E-state index contributed by atoms with van der Waals surface area (Å²) in [4.78, 5) is 6.64. The van der Waals surface area contributed by atoms with Crippen molar-refractivity contribution in [3.8, 4) is 34.0 Å². The van der Waals surface area contributed by atoms with Crippen LogP contribution in [0.2, 0.25) is 0 Å². The van der Waals surface area contributed by atoms with Crippen molar-refractivity contribution in [1.29, 1.82) is 10.5 Å². The molecule has 0 aliphatic heterocycles. The topological polar surface area (TPSA) is 90.4 Å². The summed E-state index contributed by atoms with van der Waals surface area (Å²) in [6.45, 7) is 0. The van der Waals surface area contributed by atoms with Crippen LogP contribution in [0.3, 0.4) is 0 Å². The average molecular weight is 345 g/mol. The minimum atomic E-state index is 0.319. The number of fused-ring (bicyclic) bond motifs is 1. The van der Waals surface area contributed by atoms with Crippen LogP contribution in [0.25, 0.3) is 32.7 Å². The Hall–Kier alpha value is -3.55. The molecule has 120 valence electrons. The second-order valence-corrected chi connectivity index (χ2v) is 6.23. The van der Waals surface area contributed by atoms with Crippen molar-refractivity contribution >= 4 is 22.2 Å². The van der Waals surface area contributed by atoms with E-state index in [9.17, 15) is 10.5 Å². The summed E-state index contributed by atoms with van der Waals surface area (Å²) < 4.78 is 1.69. The number of aromatic nitrogens is 3. The molecule has 0 spiro atoms. The van der Waals surface area contributed by atoms with E-state index in [1.807, 2.05) is 23.6 Å². The standard InChI is InChI=1S/C18H11N5OS/c1-24-23-15-8-12(10-20)11(9-19)7-13(15)17(14-4-5-21-22-14)18(23)16-3-2-6-25-16/h2-8H,1H3,(H,21,22). The molecule has 1 N–H and O–H groups in total. The zero-order valence-corrected chi connectivity index (χ0v) is 14.0. The van der Waals surface area contributed by atoms with Gasteiger partial charge in [0.25, 0.3) is 0 Å². The number of hydrogen-bond acceptors (Lipinski definition) is 5. The van der Waals surface area contributed by atoms with Gasteiger partial charge in [-0.15, -0.1) is 11.3 Å². The normalized spacial score (nSPS) is 10.5. The van der Waals surface area contributed by atoms with Crippen molar-refractivity contribution in [3.63, 3.8) is 0 Å². The Bertz CT molecular complexity index is 1140. The molecule has 0 saturated carbocycles. The number of aromatic amines is 1. The first-order valence-corrected chi connectivity index (χ1v) is 8.27.